The van der Waals surface area contributed by atoms with Gasteiger partial charge in [-0.25, -0.2) is 0 Å². The number of benzene rings is 1. The van der Waals surface area contributed by atoms with Crippen molar-refractivity contribution in [2.75, 3.05) is 31.2 Å². The van der Waals surface area contributed by atoms with Crippen LogP contribution in [-0.2, 0) is 6.54 Å². The normalized spacial score (nSPS) is 16.1. The van der Waals surface area contributed by atoms with E-state index >= 15 is 0 Å². The van der Waals surface area contributed by atoms with Gasteiger partial charge in [-0.3, -0.25) is 4.90 Å². The summed E-state index contributed by atoms with van der Waals surface area (Å²) in [6.45, 7) is 2.23. The SMILES string of the molecule is COc1ccccc1Nc1nc(N)nc(CN2CCC(O)CC2)n1. The smallest absolute Gasteiger partial charge is 0.232 e. The third-order valence-corrected chi connectivity index (χ3v) is 3.97. The minimum Gasteiger partial charge on any atom is -0.495 e. The van der Waals surface area contributed by atoms with Gasteiger partial charge in [-0.2, -0.15) is 15.0 Å². The van der Waals surface area contributed by atoms with Gasteiger partial charge < -0.3 is 20.9 Å². The van der Waals surface area contributed by atoms with Crippen LogP contribution in [0.4, 0.5) is 17.6 Å². The van der Waals surface area contributed by atoms with E-state index in [0.717, 1.165) is 31.6 Å². The van der Waals surface area contributed by atoms with Gasteiger partial charge in [-0.15, -0.1) is 0 Å². The number of anilines is 3. The summed E-state index contributed by atoms with van der Waals surface area (Å²) in [7, 11) is 1.61. The average molecular weight is 330 g/mol. The van der Waals surface area contributed by atoms with Crippen molar-refractivity contribution in [3.05, 3.63) is 30.1 Å². The topological polar surface area (TPSA) is 109 Å². The van der Waals surface area contributed by atoms with E-state index in [-0.39, 0.29) is 12.1 Å². The van der Waals surface area contributed by atoms with E-state index in [0.29, 0.717) is 24.1 Å². The summed E-state index contributed by atoms with van der Waals surface area (Å²) >= 11 is 0. The number of aliphatic hydroxyl groups excluding tert-OH is 1. The summed E-state index contributed by atoms with van der Waals surface area (Å²) in [6, 6.07) is 7.52. The quantitative estimate of drug-likeness (QED) is 0.749. The molecule has 1 saturated heterocycles. The van der Waals surface area contributed by atoms with Crippen LogP contribution in [0.2, 0.25) is 0 Å². The number of hydrogen-bond acceptors (Lipinski definition) is 8. The molecule has 1 aliphatic rings. The van der Waals surface area contributed by atoms with Gasteiger partial charge in [0.25, 0.3) is 0 Å². The molecule has 1 aromatic carbocycles. The minimum absolute atomic E-state index is 0.175. The number of methoxy groups -OCH3 is 1. The van der Waals surface area contributed by atoms with Gasteiger partial charge in [0.05, 0.1) is 25.4 Å². The zero-order chi connectivity index (χ0) is 16.9. The van der Waals surface area contributed by atoms with Crippen molar-refractivity contribution in [2.24, 2.45) is 0 Å². The molecule has 8 nitrogen and oxygen atoms in total. The van der Waals surface area contributed by atoms with Crippen LogP contribution in [0, 0.1) is 0 Å². The lowest BCUT2D eigenvalue weighted by atomic mass is 10.1. The Hall–Kier alpha value is -2.45. The number of aromatic nitrogens is 3. The molecule has 0 amide bonds. The van der Waals surface area contributed by atoms with Gasteiger partial charge in [0.1, 0.15) is 11.6 Å². The third kappa shape index (κ3) is 4.09. The summed E-state index contributed by atoms with van der Waals surface area (Å²) in [5.74, 6) is 1.87. The van der Waals surface area contributed by atoms with Gasteiger partial charge >= 0.3 is 0 Å². The van der Waals surface area contributed by atoms with E-state index < -0.39 is 0 Å². The van der Waals surface area contributed by atoms with E-state index in [1.165, 1.54) is 0 Å². The molecule has 0 unspecified atom stereocenters. The lowest BCUT2D eigenvalue weighted by Crippen LogP contribution is -2.35. The first-order valence-electron chi connectivity index (χ1n) is 7.95. The van der Waals surface area contributed by atoms with Crippen molar-refractivity contribution >= 4 is 17.6 Å². The van der Waals surface area contributed by atoms with Crippen molar-refractivity contribution in [1.29, 1.82) is 0 Å². The fourth-order valence-corrected chi connectivity index (χ4v) is 2.71. The summed E-state index contributed by atoms with van der Waals surface area (Å²) in [5, 5.41) is 12.7. The Bertz CT molecular complexity index is 688. The standard InChI is InChI=1S/C16H22N6O2/c1-24-13-5-3-2-4-12(13)18-16-20-14(19-15(17)21-16)10-22-8-6-11(23)7-9-22/h2-5,11,23H,6-10H2,1H3,(H3,17,18,19,20,21). The second-order valence-corrected chi connectivity index (χ2v) is 5.77. The van der Waals surface area contributed by atoms with Gasteiger partial charge in [0.2, 0.25) is 11.9 Å². The molecule has 1 fully saturated rings. The average Bonchev–Trinajstić information content (AvgIpc) is 2.57. The molecule has 0 radical (unpaired) electrons. The molecule has 2 aromatic rings. The molecule has 0 spiro atoms. The maximum absolute atomic E-state index is 9.58. The number of hydrogen-bond donors (Lipinski definition) is 3. The number of nitrogens with one attached hydrogen (secondary N) is 1. The maximum Gasteiger partial charge on any atom is 0.232 e. The molecular weight excluding hydrogens is 308 g/mol. The van der Waals surface area contributed by atoms with Crippen LogP contribution in [0.15, 0.2) is 24.3 Å². The van der Waals surface area contributed by atoms with Gasteiger partial charge in [-0.05, 0) is 25.0 Å². The first kappa shape index (κ1) is 16.4. The fourth-order valence-electron chi connectivity index (χ4n) is 2.71. The van der Waals surface area contributed by atoms with Crippen LogP contribution < -0.4 is 15.8 Å². The second kappa shape index (κ2) is 7.41. The van der Waals surface area contributed by atoms with Crippen LogP contribution in [-0.4, -0.2) is 51.3 Å². The van der Waals surface area contributed by atoms with E-state index in [9.17, 15) is 5.11 Å². The number of piperidine rings is 1. The molecule has 4 N–H and O–H groups in total. The highest BCUT2D eigenvalue weighted by Gasteiger charge is 2.18. The number of nitrogens with zero attached hydrogens (tertiary/aromatic N) is 4. The number of ether oxygens (including phenoxy) is 1. The van der Waals surface area contributed by atoms with Crippen molar-refractivity contribution in [3.8, 4) is 5.75 Å². The largest absolute Gasteiger partial charge is 0.495 e. The zero-order valence-corrected chi connectivity index (χ0v) is 13.6. The fraction of sp³-hybridized carbons (Fsp3) is 0.438. The first-order chi connectivity index (χ1) is 11.6. The summed E-state index contributed by atoms with van der Waals surface area (Å²) in [4.78, 5) is 15.0. The van der Waals surface area contributed by atoms with Crippen molar-refractivity contribution in [1.82, 2.24) is 19.9 Å². The van der Waals surface area contributed by atoms with E-state index in [1.54, 1.807) is 7.11 Å². The monoisotopic (exact) mass is 330 g/mol. The maximum atomic E-state index is 9.58. The Morgan fingerprint density at radius 1 is 1.25 bits per heavy atom. The number of aliphatic hydroxyl groups is 1. The van der Waals surface area contributed by atoms with Crippen LogP contribution >= 0.6 is 0 Å². The molecular formula is C16H22N6O2. The molecule has 3 rings (SSSR count). The summed E-state index contributed by atoms with van der Waals surface area (Å²) < 4.78 is 5.31. The Morgan fingerprint density at radius 3 is 2.75 bits per heavy atom. The lowest BCUT2D eigenvalue weighted by molar-refractivity contribution is 0.0780. The molecule has 1 aromatic heterocycles. The molecule has 0 bridgehead atoms. The minimum atomic E-state index is -0.201. The van der Waals surface area contributed by atoms with Crippen LogP contribution in [0.3, 0.4) is 0 Å². The number of nitrogen functional groups attached to an aromatic ring is 1. The van der Waals surface area contributed by atoms with E-state index in [2.05, 4.69) is 25.2 Å². The molecule has 0 aliphatic carbocycles. The van der Waals surface area contributed by atoms with Crippen molar-refractivity contribution in [3.63, 3.8) is 0 Å². The van der Waals surface area contributed by atoms with Crippen molar-refractivity contribution < 1.29 is 9.84 Å². The highest BCUT2D eigenvalue weighted by atomic mass is 16.5. The molecule has 24 heavy (non-hydrogen) atoms. The van der Waals surface area contributed by atoms with Crippen LogP contribution in [0.25, 0.3) is 0 Å². The highest BCUT2D eigenvalue weighted by Crippen LogP contribution is 2.25. The molecule has 1 aliphatic heterocycles. The Kier molecular flexibility index (Phi) is 5.07. The second-order valence-electron chi connectivity index (χ2n) is 5.77. The lowest BCUT2D eigenvalue weighted by Gasteiger charge is -2.28. The van der Waals surface area contributed by atoms with Crippen LogP contribution in [0.5, 0.6) is 5.75 Å². The summed E-state index contributed by atoms with van der Waals surface area (Å²) in [5.41, 5.74) is 6.58. The van der Waals surface area contributed by atoms with Gasteiger partial charge in [-0.1, -0.05) is 12.1 Å². The molecule has 0 saturated carbocycles. The summed E-state index contributed by atoms with van der Waals surface area (Å²) in [6.07, 6.45) is 1.34. The van der Waals surface area contributed by atoms with Crippen molar-refractivity contribution in [2.45, 2.75) is 25.5 Å². The van der Waals surface area contributed by atoms with Gasteiger partial charge in [0, 0.05) is 13.1 Å². The van der Waals surface area contributed by atoms with Crippen LogP contribution in [0.1, 0.15) is 18.7 Å². The molecule has 2 heterocycles. The zero-order valence-electron chi connectivity index (χ0n) is 13.6. The number of nitrogens with two attached hydrogens (primary N) is 1. The molecule has 128 valence electrons. The number of para-hydroxylation sites is 2. The third-order valence-electron chi connectivity index (χ3n) is 3.97. The Balaban J connectivity index is 1.74. The first-order valence-corrected chi connectivity index (χ1v) is 7.95. The molecule has 8 heteroatoms. The highest BCUT2D eigenvalue weighted by molar-refractivity contribution is 5.62. The van der Waals surface area contributed by atoms with E-state index in [1.807, 2.05) is 24.3 Å². The van der Waals surface area contributed by atoms with E-state index in [4.69, 9.17) is 10.5 Å². The number of rotatable bonds is 5. The Labute approximate surface area is 140 Å². The predicted molar refractivity (Wildman–Crippen MR) is 91.0 cm³/mol. The molecule has 0 atom stereocenters. The predicted octanol–water partition coefficient (Wildman–Crippen LogP) is 1.16. The Morgan fingerprint density at radius 2 is 2.00 bits per heavy atom. The number of likely N-dealkylation sites (tertiary alicyclic amines) is 1. The van der Waals surface area contributed by atoms with Gasteiger partial charge in [0.15, 0.2) is 0 Å².